The quantitative estimate of drug-likeness (QED) is 0.729. The second-order valence-electron chi connectivity index (χ2n) is 5.05. The Kier molecular flexibility index (Phi) is 6.64. The Labute approximate surface area is 96.1 Å². The zero-order valence-electron chi connectivity index (χ0n) is 10.5. The van der Waals surface area contributed by atoms with Crippen molar-refractivity contribution in [2.75, 3.05) is 12.3 Å². The van der Waals surface area contributed by atoms with Crippen molar-refractivity contribution in [2.45, 2.75) is 57.9 Å². The third-order valence-electron chi connectivity index (χ3n) is 2.25. The van der Waals surface area contributed by atoms with Gasteiger partial charge in [0, 0.05) is 28.1 Å². The molecular formula is C11H25NO2S. The molecule has 3 nitrogen and oxygen atoms in total. The molecule has 0 rings (SSSR count). The van der Waals surface area contributed by atoms with Gasteiger partial charge in [-0.15, -0.1) is 0 Å². The molecule has 0 saturated carbocycles. The van der Waals surface area contributed by atoms with E-state index < -0.39 is 16.9 Å². The van der Waals surface area contributed by atoms with Gasteiger partial charge in [-0.25, -0.2) is 0 Å². The topological polar surface area (TPSA) is 49.3 Å². The molecule has 0 aliphatic heterocycles. The van der Waals surface area contributed by atoms with Gasteiger partial charge in [0.05, 0.1) is 11.9 Å². The summed E-state index contributed by atoms with van der Waals surface area (Å²) < 4.78 is 11.6. The van der Waals surface area contributed by atoms with Gasteiger partial charge in [0.15, 0.2) is 0 Å². The van der Waals surface area contributed by atoms with Crippen LogP contribution in [0, 0.1) is 0 Å². The van der Waals surface area contributed by atoms with E-state index in [9.17, 15) is 9.32 Å². The van der Waals surface area contributed by atoms with E-state index in [0.717, 1.165) is 6.42 Å². The number of hydrogen-bond acceptors (Lipinski definition) is 3. The molecule has 92 valence electrons. The lowest BCUT2D eigenvalue weighted by Gasteiger charge is -2.23. The molecule has 0 amide bonds. The van der Waals surface area contributed by atoms with Gasteiger partial charge in [0.25, 0.3) is 0 Å². The van der Waals surface area contributed by atoms with Gasteiger partial charge < -0.3 is 10.4 Å². The van der Waals surface area contributed by atoms with Crippen LogP contribution in [-0.4, -0.2) is 38.5 Å². The molecular weight excluding hydrogens is 210 g/mol. The summed E-state index contributed by atoms with van der Waals surface area (Å²) in [6, 6.07) is 0. The van der Waals surface area contributed by atoms with Crippen molar-refractivity contribution >= 4 is 10.8 Å². The summed E-state index contributed by atoms with van der Waals surface area (Å²) in [4.78, 5) is 0. The van der Waals surface area contributed by atoms with Gasteiger partial charge in [-0.1, -0.05) is 13.8 Å². The molecule has 15 heavy (non-hydrogen) atoms. The molecule has 0 aromatic carbocycles. The summed E-state index contributed by atoms with van der Waals surface area (Å²) >= 11 is 0. The van der Waals surface area contributed by atoms with E-state index >= 15 is 0 Å². The van der Waals surface area contributed by atoms with Crippen LogP contribution in [0.15, 0.2) is 0 Å². The average Bonchev–Trinajstić information content (AvgIpc) is 2.12. The Morgan fingerprint density at radius 1 is 1.40 bits per heavy atom. The third-order valence-corrected chi connectivity index (χ3v) is 4.19. The zero-order valence-corrected chi connectivity index (χ0v) is 11.4. The third kappa shape index (κ3) is 7.94. The standard InChI is InChI=1S/C11H25NO2S/c1-6-9(2)15(14)8-10(13)7-12-11(3,4)5/h9-10,12-13H,6-8H2,1-5H3. The molecule has 0 aliphatic rings. The second-order valence-corrected chi connectivity index (χ2v) is 6.95. The van der Waals surface area contributed by atoms with Crippen molar-refractivity contribution in [1.82, 2.24) is 5.32 Å². The van der Waals surface area contributed by atoms with Gasteiger partial charge in [-0.2, -0.15) is 0 Å². The van der Waals surface area contributed by atoms with Crippen LogP contribution in [0.1, 0.15) is 41.0 Å². The number of nitrogens with one attached hydrogen (secondary N) is 1. The molecule has 0 aliphatic carbocycles. The van der Waals surface area contributed by atoms with E-state index in [2.05, 4.69) is 5.32 Å². The molecule has 0 saturated heterocycles. The monoisotopic (exact) mass is 235 g/mol. The van der Waals surface area contributed by atoms with Gasteiger partial charge in [-0.05, 0) is 27.2 Å². The number of aliphatic hydroxyl groups is 1. The summed E-state index contributed by atoms with van der Waals surface area (Å²) in [5.41, 5.74) is -0.00115. The smallest absolute Gasteiger partial charge is 0.0779 e. The Bertz CT molecular complexity index is 201. The largest absolute Gasteiger partial charge is 0.391 e. The molecule has 0 aromatic rings. The normalized spacial score (nSPS) is 18.5. The van der Waals surface area contributed by atoms with Crippen molar-refractivity contribution in [2.24, 2.45) is 0 Å². The lowest BCUT2D eigenvalue weighted by atomic mass is 10.1. The molecule has 0 fully saturated rings. The van der Waals surface area contributed by atoms with Crippen LogP contribution in [0.25, 0.3) is 0 Å². The van der Waals surface area contributed by atoms with Gasteiger partial charge >= 0.3 is 0 Å². The first-order valence-corrected chi connectivity index (χ1v) is 6.94. The maximum absolute atomic E-state index is 11.6. The van der Waals surface area contributed by atoms with Crippen LogP contribution in [0.2, 0.25) is 0 Å². The van der Waals surface area contributed by atoms with E-state index in [-0.39, 0.29) is 10.8 Å². The Morgan fingerprint density at radius 3 is 2.33 bits per heavy atom. The highest BCUT2D eigenvalue weighted by Gasteiger charge is 2.16. The average molecular weight is 235 g/mol. The van der Waals surface area contributed by atoms with Crippen LogP contribution < -0.4 is 5.32 Å². The first-order valence-electron chi connectivity index (χ1n) is 5.56. The number of β-amino-alcohol motifs (C(OH)–C–C–N with tert-alkyl or cyclic N) is 1. The highest BCUT2D eigenvalue weighted by Crippen LogP contribution is 2.04. The van der Waals surface area contributed by atoms with Crippen LogP contribution in [0.3, 0.4) is 0 Å². The molecule has 0 spiro atoms. The van der Waals surface area contributed by atoms with E-state index in [1.807, 2.05) is 34.6 Å². The summed E-state index contributed by atoms with van der Waals surface area (Å²) in [5.74, 6) is 0.373. The summed E-state index contributed by atoms with van der Waals surface area (Å²) in [6.07, 6.45) is 0.380. The zero-order chi connectivity index (χ0) is 12.1. The molecule has 0 bridgehead atoms. The Morgan fingerprint density at radius 2 is 1.93 bits per heavy atom. The highest BCUT2D eigenvalue weighted by molar-refractivity contribution is 7.85. The van der Waals surface area contributed by atoms with Crippen molar-refractivity contribution in [3.8, 4) is 0 Å². The van der Waals surface area contributed by atoms with Gasteiger partial charge in [0.1, 0.15) is 0 Å². The second kappa shape index (κ2) is 6.61. The first kappa shape index (κ1) is 15.1. The van der Waals surface area contributed by atoms with Crippen LogP contribution in [0.4, 0.5) is 0 Å². The number of aliphatic hydroxyl groups excluding tert-OH is 1. The fourth-order valence-corrected chi connectivity index (χ4v) is 2.22. The van der Waals surface area contributed by atoms with Gasteiger partial charge in [0.2, 0.25) is 0 Å². The predicted octanol–water partition coefficient (Wildman–Crippen LogP) is 1.28. The molecule has 3 atom stereocenters. The van der Waals surface area contributed by atoms with E-state index in [1.54, 1.807) is 0 Å². The maximum Gasteiger partial charge on any atom is 0.0779 e. The van der Waals surface area contributed by atoms with Crippen molar-refractivity contribution in [1.29, 1.82) is 0 Å². The maximum atomic E-state index is 11.6. The fraction of sp³-hybridized carbons (Fsp3) is 1.00. The fourth-order valence-electron chi connectivity index (χ4n) is 1.02. The Balaban J connectivity index is 3.84. The van der Waals surface area contributed by atoms with E-state index in [1.165, 1.54) is 0 Å². The molecule has 3 unspecified atom stereocenters. The van der Waals surface area contributed by atoms with Crippen molar-refractivity contribution < 1.29 is 9.32 Å². The lowest BCUT2D eigenvalue weighted by molar-refractivity contribution is 0.182. The molecule has 2 N–H and O–H groups in total. The van der Waals surface area contributed by atoms with Crippen LogP contribution >= 0.6 is 0 Å². The van der Waals surface area contributed by atoms with E-state index in [4.69, 9.17) is 0 Å². The minimum absolute atomic E-state index is 0.00115. The highest BCUT2D eigenvalue weighted by atomic mass is 32.2. The predicted molar refractivity (Wildman–Crippen MR) is 66.5 cm³/mol. The summed E-state index contributed by atoms with van der Waals surface area (Å²) in [5, 5.41) is 13.0. The molecule has 0 aromatic heterocycles. The van der Waals surface area contributed by atoms with Crippen molar-refractivity contribution in [3.63, 3.8) is 0 Å². The van der Waals surface area contributed by atoms with Crippen LogP contribution in [0.5, 0.6) is 0 Å². The van der Waals surface area contributed by atoms with Crippen LogP contribution in [-0.2, 0) is 10.8 Å². The van der Waals surface area contributed by atoms with Crippen molar-refractivity contribution in [3.05, 3.63) is 0 Å². The summed E-state index contributed by atoms with van der Waals surface area (Å²) in [6.45, 7) is 10.6. The Hall–Kier alpha value is 0.0700. The van der Waals surface area contributed by atoms with Gasteiger partial charge in [-0.3, -0.25) is 4.21 Å². The SMILES string of the molecule is CCC(C)S(=O)CC(O)CNC(C)(C)C. The molecule has 4 heteroatoms. The molecule has 0 radical (unpaired) electrons. The molecule has 0 heterocycles. The van der Waals surface area contributed by atoms with E-state index in [0.29, 0.717) is 12.3 Å². The number of hydrogen-bond donors (Lipinski definition) is 2. The minimum Gasteiger partial charge on any atom is -0.391 e. The number of rotatable bonds is 6. The summed E-state index contributed by atoms with van der Waals surface area (Å²) in [7, 11) is -0.913. The first-order chi connectivity index (χ1) is 6.76. The lowest BCUT2D eigenvalue weighted by Crippen LogP contribution is -2.42. The minimum atomic E-state index is -0.913.